The molecule has 0 bridgehead atoms. The summed E-state index contributed by atoms with van der Waals surface area (Å²) in [5, 5.41) is 13.3. The largest absolute Gasteiger partial charge is 0.492 e. The van der Waals surface area contributed by atoms with Gasteiger partial charge in [0, 0.05) is 5.56 Å². The van der Waals surface area contributed by atoms with Crippen LogP contribution < -0.4 is 0 Å². The van der Waals surface area contributed by atoms with Crippen LogP contribution in [-0.4, -0.2) is 14.9 Å². The van der Waals surface area contributed by atoms with Crippen LogP contribution in [0.25, 0.3) is 11.3 Å². The number of aromatic nitrogens is 2. The van der Waals surface area contributed by atoms with Gasteiger partial charge >= 0.3 is 0 Å². The molecule has 0 aliphatic heterocycles. The predicted octanol–water partition coefficient (Wildman–Crippen LogP) is 4.83. The Balaban J connectivity index is 1.87. The molecule has 1 aromatic heterocycles. The molecule has 0 fully saturated rings. The quantitative estimate of drug-likeness (QED) is 0.557. The molecule has 4 rings (SSSR count). The highest BCUT2D eigenvalue weighted by Gasteiger charge is 2.24. The second-order valence-electron chi connectivity index (χ2n) is 5.77. The van der Waals surface area contributed by atoms with Crippen molar-refractivity contribution in [3.05, 3.63) is 102 Å². The zero-order valence-corrected chi connectivity index (χ0v) is 13.1. The van der Waals surface area contributed by atoms with Crippen LogP contribution in [0.2, 0.25) is 0 Å². The number of benzene rings is 3. The van der Waals surface area contributed by atoms with Crippen LogP contribution in [0.3, 0.4) is 0 Å². The monoisotopic (exact) mass is 314 g/mol. The molecule has 3 nitrogen and oxygen atoms in total. The molecule has 118 valence electrons. The maximum absolute atomic E-state index is 10.2. The Morgan fingerprint density at radius 1 is 0.667 bits per heavy atom. The molecule has 0 atom stereocenters. The van der Waals surface area contributed by atoms with Gasteiger partial charge in [0.25, 0.3) is 0 Å². The average molecular weight is 314 g/mol. The number of rotatable bonds is 4. The number of nitrogens with one attached hydrogen (secondary N) is 1. The van der Waals surface area contributed by atoms with Gasteiger partial charge < -0.3 is 5.11 Å². The Hall–Kier alpha value is -3.20. The topological polar surface area (TPSA) is 40.9 Å². The zero-order chi connectivity index (χ0) is 16.4. The van der Waals surface area contributed by atoms with Crippen LogP contribution in [0.5, 0.6) is 5.88 Å². The van der Waals surface area contributed by atoms with Gasteiger partial charge in [0.05, 0.1) is 0 Å². The van der Waals surface area contributed by atoms with Gasteiger partial charge in [0.1, 0.15) is 11.7 Å². The summed E-state index contributed by atoms with van der Waals surface area (Å²) in [5.41, 5.74) is 4.13. The Morgan fingerprint density at radius 3 is 1.58 bits per heavy atom. The normalized spacial score (nSPS) is 11.0. The summed E-state index contributed by atoms with van der Waals surface area (Å²) in [4.78, 5) is 0. The first-order valence-corrected chi connectivity index (χ1v) is 7.99. The summed E-state index contributed by atoms with van der Waals surface area (Å²) < 4.78 is 2.02. The van der Waals surface area contributed by atoms with Crippen molar-refractivity contribution in [2.75, 3.05) is 0 Å². The standard InChI is InChI=1S/C21H18N2O/c24-21-20(18-14-8-3-9-15-18)23(22-21)19(16-10-4-1-5-11-16)17-12-6-2-7-13-17/h1-15,19,22,24H. The molecule has 0 aliphatic carbocycles. The lowest BCUT2D eigenvalue weighted by molar-refractivity contribution is 0.386. The van der Waals surface area contributed by atoms with Gasteiger partial charge in [-0.15, -0.1) is 0 Å². The molecular weight excluding hydrogens is 296 g/mol. The number of nitrogens with zero attached hydrogens (tertiary/aromatic N) is 1. The molecule has 3 aromatic carbocycles. The number of hydrogen-bond donors (Lipinski definition) is 2. The maximum Gasteiger partial charge on any atom is 0.230 e. The number of hydrogen-bond acceptors (Lipinski definition) is 1. The highest BCUT2D eigenvalue weighted by molar-refractivity contribution is 5.66. The first kappa shape index (κ1) is 14.4. The molecular formula is C21H18N2O. The van der Waals surface area contributed by atoms with Crippen molar-refractivity contribution >= 4 is 0 Å². The summed E-state index contributed by atoms with van der Waals surface area (Å²) in [7, 11) is 0. The molecule has 1 heterocycles. The summed E-state index contributed by atoms with van der Waals surface area (Å²) in [6, 6.07) is 30.5. The molecule has 2 N–H and O–H groups in total. The third kappa shape index (κ3) is 2.50. The average Bonchev–Trinajstić information content (AvgIpc) is 2.64. The Kier molecular flexibility index (Phi) is 3.67. The minimum Gasteiger partial charge on any atom is -0.492 e. The summed E-state index contributed by atoms with van der Waals surface area (Å²) >= 11 is 0. The van der Waals surface area contributed by atoms with Crippen molar-refractivity contribution in [2.24, 2.45) is 0 Å². The summed E-state index contributed by atoms with van der Waals surface area (Å²) in [6.45, 7) is 0. The van der Waals surface area contributed by atoms with E-state index in [1.807, 2.05) is 71.4 Å². The van der Waals surface area contributed by atoms with E-state index in [9.17, 15) is 5.11 Å². The first-order chi connectivity index (χ1) is 11.8. The Morgan fingerprint density at radius 2 is 1.12 bits per heavy atom. The zero-order valence-electron chi connectivity index (χ0n) is 13.1. The lowest BCUT2D eigenvalue weighted by atomic mass is 9.97. The minimum atomic E-state index is -0.0153. The molecule has 0 saturated carbocycles. The smallest absolute Gasteiger partial charge is 0.230 e. The lowest BCUT2D eigenvalue weighted by Crippen LogP contribution is -2.21. The molecule has 4 aromatic rings. The van der Waals surface area contributed by atoms with E-state index in [2.05, 4.69) is 29.4 Å². The fourth-order valence-electron chi connectivity index (χ4n) is 3.11. The van der Waals surface area contributed by atoms with Crippen LogP contribution in [-0.2, 0) is 0 Å². The SMILES string of the molecule is Oc1[nH]n(C(c2ccccc2)c2ccccc2)c1-c1ccccc1. The van der Waals surface area contributed by atoms with E-state index in [4.69, 9.17) is 0 Å². The first-order valence-electron chi connectivity index (χ1n) is 7.99. The van der Waals surface area contributed by atoms with E-state index in [-0.39, 0.29) is 11.9 Å². The lowest BCUT2D eigenvalue weighted by Gasteiger charge is -2.29. The fraction of sp³-hybridized carbons (Fsp3) is 0.0476. The van der Waals surface area contributed by atoms with Crippen LogP contribution in [0.15, 0.2) is 91.0 Å². The van der Waals surface area contributed by atoms with Crippen LogP contribution in [0, 0.1) is 0 Å². The fourth-order valence-corrected chi connectivity index (χ4v) is 3.11. The number of aromatic hydroxyl groups is 1. The molecule has 0 aliphatic rings. The summed E-state index contributed by atoms with van der Waals surface area (Å²) in [5.74, 6) is 0.207. The number of H-pyrrole nitrogens is 1. The molecule has 3 heteroatoms. The third-order valence-electron chi connectivity index (χ3n) is 4.23. The molecule has 0 unspecified atom stereocenters. The van der Waals surface area contributed by atoms with Crippen LogP contribution >= 0.6 is 0 Å². The maximum atomic E-state index is 10.2. The van der Waals surface area contributed by atoms with Crippen LogP contribution in [0.1, 0.15) is 17.2 Å². The molecule has 0 saturated heterocycles. The van der Waals surface area contributed by atoms with Gasteiger partial charge in [-0.25, -0.2) is 0 Å². The molecule has 0 amide bonds. The van der Waals surface area contributed by atoms with E-state index in [0.717, 1.165) is 22.4 Å². The van der Waals surface area contributed by atoms with Crippen molar-refractivity contribution < 1.29 is 5.11 Å². The van der Waals surface area contributed by atoms with E-state index in [0.29, 0.717) is 0 Å². The van der Waals surface area contributed by atoms with Gasteiger partial charge in [-0.3, -0.25) is 9.78 Å². The van der Waals surface area contributed by atoms with Gasteiger partial charge in [0.15, 0.2) is 0 Å². The van der Waals surface area contributed by atoms with Gasteiger partial charge in [-0.05, 0) is 11.1 Å². The molecule has 0 spiro atoms. The van der Waals surface area contributed by atoms with Crippen molar-refractivity contribution in [1.29, 1.82) is 0 Å². The van der Waals surface area contributed by atoms with Crippen molar-refractivity contribution in [3.63, 3.8) is 0 Å². The number of aromatic amines is 1. The second-order valence-corrected chi connectivity index (χ2v) is 5.77. The third-order valence-corrected chi connectivity index (χ3v) is 4.23. The van der Waals surface area contributed by atoms with E-state index in [1.165, 1.54) is 0 Å². The van der Waals surface area contributed by atoms with Gasteiger partial charge in [-0.2, -0.15) is 0 Å². The van der Waals surface area contributed by atoms with E-state index < -0.39 is 0 Å². The predicted molar refractivity (Wildman–Crippen MR) is 96.0 cm³/mol. The highest BCUT2D eigenvalue weighted by atomic mass is 16.3. The minimum absolute atomic E-state index is 0.0153. The van der Waals surface area contributed by atoms with Gasteiger partial charge in [-0.1, -0.05) is 91.0 Å². The van der Waals surface area contributed by atoms with Crippen molar-refractivity contribution in [2.45, 2.75) is 6.04 Å². The Bertz CT molecular complexity index is 869. The van der Waals surface area contributed by atoms with E-state index in [1.54, 1.807) is 0 Å². The van der Waals surface area contributed by atoms with Crippen LogP contribution in [0.4, 0.5) is 0 Å². The molecule has 0 radical (unpaired) electrons. The van der Waals surface area contributed by atoms with Gasteiger partial charge in [0.2, 0.25) is 5.88 Å². The van der Waals surface area contributed by atoms with E-state index >= 15 is 0 Å². The Labute approximate surface area is 140 Å². The highest BCUT2D eigenvalue weighted by Crippen LogP contribution is 2.37. The van der Waals surface area contributed by atoms with Crippen molar-refractivity contribution in [3.8, 4) is 17.1 Å². The summed E-state index contributed by atoms with van der Waals surface area (Å²) in [6.07, 6.45) is 0. The molecule has 24 heavy (non-hydrogen) atoms. The second kappa shape index (κ2) is 6.13. The van der Waals surface area contributed by atoms with Crippen molar-refractivity contribution in [1.82, 2.24) is 9.78 Å².